The first-order valence-corrected chi connectivity index (χ1v) is 5.11. The fraction of sp³-hybridized carbons (Fsp3) is 0.750. The van der Waals surface area contributed by atoms with E-state index in [9.17, 15) is 0 Å². The summed E-state index contributed by atoms with van der Waals surface area (Å²) in [6.45, 7) is 15.1. The third-order valence-corrected chi connectivity index (χ3v) is 2.29. The van der Waals surface area contributed by atoms with Gasteiger partial charge in [0.2, 0.25) is 0 Å². The molecule has 0 fully saturated rings. The lowest BCUT2D eigenvalue weighted by molar-refractivity contribution is 0.321. The zero-order valence-electron chi connectivity index (χ0n) is 10.4. The molecule has 1 aromatic rings. The van der Waals surface area contributed by atoms with Crippen LogP contribution in [0.3, 0.4) is 0 Å². The second-order valence-corrected chi connectivity index (χ2v) is 5.97. The van der Waals surface area contributed by atoms with Crippen LogP contribution < -0.4 is 0 Å². The molecule has 1 rings (SSSR count). The molecule has 1 heterocycles. The average molecular weight is 195 g/mol. The van der Waals surface area contributed by atoms with Crippen LogP contribution >= 0.6 is 0 Å². The minimum atomic E-state index is 0.0316. The highest BCUT2D eigenvalue weighted by Crippen LogP contribution is 2.35. The Hall–Kier alpha value is -0.790. The summed E-state index contributed by atoms with van der Waals surface area (Å²) in [7, 11) is 0. The number of hydrogen-bond acceptors (Lipinski definition) is 2. The summed E-state index contributed by atoms with van der Waals surface area (Å²) in [6, 6.07) is 0. The Kier molecular flexibility index (Phi) is 2.51. The number of hydrogen-bond donors (Lipinski definition) is 0. The Bertz CT molecular complexity index is 323. The third-order valence-electron chi connectivity index (χ3n) is 2.29. The maximum atomic E-state index is 5.44. The van der Waals surface area contributed by atoms with Gasteiger partial charge in [0, 0.05) is 11.0 Å². The number of aromatic nitrogens is 1. The predicted octanol–water partition coefficient (Wildman–Crippen LogP) is 3.58. The highest BCUT2D eigenvalue weighted by Gasteiger charge is 2.31. The molecule has 0 unspecified atom stereocenters. The van der Waals surface area contributed by atoms with E-state index in [1.165, 1.54) is 5.56 Å². The largest absolute Gasteiger partial charge is 0.360 e. The zero-order chi connectivity index (χ0) is 11.1. The normalized spacial score (nSPS) is 13.4. The van der Waals surface area contributed by atoms with Gasteiger partial charge >= 0.3 is 0 Å². The van der Waals surface area contributed by atoms with Gasteiger partial charge in [-0.3, -0.25) is 0 Å². The van der Waals surface area contributed by atoms with E-state index in [1.54, 1.807) is 0 Å². The molecule has 0 aliphatic carbocycles. The fourth-order valence-electron chi connectivity index (χ4n) is 1.76. The van der Waals surface area contributed by atoms with Gasteiger partial charge in [0.05, 0.1) is 5.69 Å². The molecular formula is C12H21NO. The van der Waals surface area contributed by atoms with E-state index >= 15 is 0 Å². The molecule has 0 saturated carbocycles. The Balaban J connectivity index is 3.35. The van der Waals surface area contributed by atoms with Gasteiger partial charge in [-0.1, -0.05) is 46.7 Å². The van der Waals surface area contributed by atoms with Gasteiger partial charge in [-0.05, 0) is 12.3 Å². The Morgan fingerprint density at radius 2 is 1.43 bits per heavy atom. The SMILES string of the molecule is Cc1noc(C(C)(C)C)c1C(C)(C)C. The Morgan fingerprint density at radius 3 is 1.71 bits per heavy atom. The molecule has 0 bridgehead atoms. The maximum Gasteiger partial charge on any atom is 0.146 e. The van der Waals surface area contributed by atoms with E-state index in [0.29, 0.717) is 0 Å². The van der Waals surface area contributed by atoms with Gasteiger partial charge in [0.1, 0.15) is 5.76 Å². The predicted molar refractivity (Wildman–Crippen MR) is 58.6 cm³/mol. The molecule has 0 aliphatic heterocycles. The lowest BCUT2D eigenvalue weighted by Gasteiger charge is -2.24. The lowest BCUT2D eigenvalue weighted by atomic mass is 9.79. The van der Waals surface area contributed by atoms with E-state index in [1.807, 2.05) is 6.92 Å². The lowest BCUT2D eigenvalue weighted by Crippen LogP contribution is -2.20. The topological polar surface area (TPSA) is 26.0 Å². The second kappa shape index (κ2) is 3.11. The molecule has 0 amide bonds. The maximum absolute atomic E-state index is 5.44. The molecule has 2 nitrogen and oxygen atoms in total. The van der Waals surface area contributed by atoms with Crippen molar-refractivity contribution < 1.29 is 4.52 Å². The summed E-state index contributed by atoms with van der Waals surface area (Å²) < 4.78 is 5.44. The first-order valence-electron chi connectivity index (χ1n) is 5.11. The third kappa shape index (κ3) is 1.99. The van der Waals surface area contributed by atoms with Gasteiger partial charge in [-0.2, -0.15) is 0 Å². The number of nitrogens with zero attached hydrogens (tertiary/aromatic N) is 1. The van der Waals surface area contributed by atoms with E-state index in [4.69, 9.17) is 4.52 Å². The van der Waals surface area contributed by atoms with Crippen molar-refractivity contribution in [2.75, 3.05) is 0 Å². The van der Waals surface area contributed by atoms with E-state index in [0.717, 1.165) is 11.5 Å². The molecule has 1 aromatic heterocycles. The summed E-state index contributed by atoms with van der Waals surface area (Å²) in [6.07, 6.45) is 0. The van der Waals surface area contributed by atoms with Crippen molar-refractivity contribution in [1.29, 1.82) is 0 Å². The first-order chi connectivity index (χ1) is 6.14. The van der Waals surface area contributed by atoms with Crippen LogP contribution in [-0.2, 0) is 10.8 Å². The molecule has 0 atom stereocenters. The van der Waals surface area contributed by atoms with Crippen LogP contribution in [0.5, 0.6) is 0 Å². The van der Waals surface area contributed by atoms with E-state index in [-0.39, 0.29) is 10.8 Å². The smallest absolute Gasteiger partial charge is 0.146 e. The molecule has 0 saturated heterocycles. The van der Waals surface area contributed by atoms with Crippen LogP contribution in [0.2, 0.25) is 0 Å². The van der Waals surface area contributed by atoms with Crippen LogP contribution in [0.25, 0.3) is 0 Å². The van der Waals surface area contributed by atoms with Crippen molar-refractivity contribution in [1.82, 2.24) is 5.16 Å². The van der Waals surface area contributed by atoms with Crippen molar-refractivity contribution in [3.63, 3.8) is 0 Å². The average Bonchev–Trinajstić information content (AvgIpc) is 2.27. The van der Waals surface area contributed by atoms with Gasteiger partial charge in [-0.25, -0.2) is 0 Å². The highest BCUT2D eigenvalue weighted by atomic mass is 16.5. The zero-order valence-corrected chi connectivity index (χ0v) is 10.4. The van der Waals surface area contributed by atoms with Gasteiger partial charge in [-0.15, -0.1) is 0 Å². The number of aryl methyl sites for hydroxylation is 1. The summed E-state index contributed by atoms with van der Waals surface area (Å²) in [5.74, 6) is 1.02. The van der Waals surface area contributed by atoms with Crippen LogP contribution in [0.15, 0.2) is 4.52 Å². The van der Waals surface area contributed by atoms with Crippen molar-refractivity contribution in [2.45, 2.75) is 59.3 Å². The van der Waals surface area contributed by atoms with Gasteiger partial charge in [0.25, 0.3) is 0 Å². The summed E-state index contributed by atoms with van der Waals surface area (Å²) in [5, 5.41) is 4.07. The monoisotopic (exact) mass is 195 g/mol. The second-order valence-electron chi connectivity index (χ2n) is 5.97. The molecule has 0 spiro atoms. The van der Waals surface area contributed by atoms with Crippen molar-refractivity contribution in [3.8, 4) is 0 Å². The van der Waals surface area contributed by atoms with Crippen LogP contribution in [0, 0.1) is 6.92 Å². The standard InChI is InChI=1S/C12H21NO/c1-8-9(11(2,3)4)10(14-13-8)12(5,6)7/h1-7H3. The van der Waals surface area contributed by atoms with Crippen LogP contribution in [-0.4, -0.2) is 5.16 Å². The minimum Gasteiger partial charge on any atom is -0.360 e. The van der Waals surface area contributed by atoms with Crippen molar-refractivity contribution >= 4 is 0 Å². The molecular weight excluding hydrogens is 174 g/mol. The van der Waals surface area contributed by atoms with Gasteiger partial charge in [0.15, 0.2) is 0 Å². The summed E-state index contributed by atoms with van der Waals surface area (Å²) in [5.41, 5.74) is 2.41. The quantitative estimate of drug-likeness (QED) is 0.632. The molecule has 2 heteroatoms. The van der Waals surface area contributed by atoms with Crippen LogP contribution in [0.4, 0.5) is 0 Å². The molecule has 0 radical (unpaired) electrons. The van der Waals surface area contributed by atoms with E-state index < -0.39 is 0 Å². The molecule has 0 aromatic carbocycles. The van der Waals surface area contributed by atoms with Crippen LogP contribution in [0.1, 0.15) is 58.6 Å². The van der Waals surface area contributed by atoms with E-state index in [2.05, 4.69) is 46.7 Å². The van der Waals surface area contributed by atoms with Crippen molar-refractivity contribution in [2.24, 2.45) is 0 Å². The summed E-state index contributed by atoms with van der Waals surface area (Å²) in [4.78, 5) is 0. The molecule has 80 valence electrons. The Labute approximate surface area is 86.7 Å². The highest BCUT2D eigenvalue weighted by molar-refractivity contribution is 5.33. The minimum absolute atomic E-state index is 0.0316. The van der Waals surface area contributed by atoms with Gasteiger partial charge < -0.3 is 4.52 Å². The molecule has 14 heavy (non-hydrogen) atoms. The molecule has 0 N–H and O–H groups in total. The Morgan fingerprint density at radius 1 is 0.929 bits per heavy atom. The fourth-order valence-corrected chi connectivity index (χ4v) is 1.76. The summed E-state index contributed by atoms with van der Waals surface area (Å²) >= 11 is 0. The molecule has 0 aliphatic rings. The first kappa shape index (κ1) is 11.3. The number of rotatable bonds is 0. The van der Waals surface area contributed by atoms with Crippen molar-refractivity contribution in [3.05, 3.63) is 17.0 Å².